The highest BCUT2D eigenvalue weighted by atomic mass is 16.7. The number of hydrogen-bond donors (Lipinski definition) is 0. The molecule has 1 rings (SSSR count). The molecule has 0 aromatic carbocycles. The molecule has 1 aliphatic rings. The van der Waals surface area contributed by atoms with Gasteiger partial charge in [-0.2, -0.15) is 0 Å². The van der Waals surface area contributed by atoms with Gasteiger partial charge in [-0.3, -0.25) is 0 Å². The van der Waals surface area contributed by atoms with Crippen molar-refractivity contribution in [2.45, 2.75) is 64.8 Å². The first kappa shape index (κ1) is 14.1. The second kappa shape index (κ2) is 4.73. The predicted octanol–water partition coefficient (Wildman–Crippen LogP) is 3.76. The molecule has 3 nitrogen and oxygen atoms in total. The molecule has 2 atom stereocenters. The van der Waals surface area contributed by atoms with Gasteiger partial charge in [-0.05, 0) is 40.7 Å². The van der Waals surface area contributed by atoms with Crippen LogP contribution in [0.5, 0.6) is 0 Å². The average Bonchev–Trinajstić information content (AvgIpc) is 2.37. The topological polar surface area (TPSA) is 27.7 Å². The predicted molar refractivity (Wildman–Crippen MR) is 68.4 cm³/mol. The molecule has 0 aromatic rings. The summed E-state index contributed by atoms with van der Waals surface area (Å²) in [6, 6.07) is 0. The molecule has 2 unspecified atom stereocenters. The molecule has 0 aromatic heterocycles. The van der Waals surface area contributed by atoms with Gasteiger partial charge in [0, 0.05) is 6.42 Å². The van der Waals surface area contributed by atoms with Crippen molar-refractivity contribution in [1.82, 2.24) is 0 Å². The van der Waals surface area contributed by atoms with Crippen molar-refractivity contribution >= 4 is 0 Å². The van der Waals surface area contributed by atoms with E-state index >= 15 is 0 Å². The van der Waals surface area contributed by atoms with E-state index in [4.69, 9.17) is 14.2 Å². The van der Waals surface area contributed by atoms with Gasteiger partial charge in [0.2, 0.25) is 0 Å². The van der Waals surface area contributed by atoms with Crippen LogP contribution in [0.15, 0.2) is 24.9 Å². The third kappa shape index (κ3) is 3.77. The largest absolute Gasteiger partial charge is 0.451 e. The van der Waals surface area contributed by atoms with Crippen molar-refractivity contribution in [3.8, 4) is 0 Å². The summed E-state index contributed by atoms with van der Waals surface area (Å²) in [5.41, 5.74) is -0.683. The molecule has 0 saturated carbocycles. The van der Waals surface area contributed by atoms with Gasteiger partial charge in [-0.25, -0.2) is 0 Å². The zero-order valence-electron chi connectivity index (χ0n) is 11.6. The molecule has 0 spiro atoms. The number of ether oxygens (including phenoxy) is 3. The Kier molecular flexibility index (Phi) is 3.92. The molecule has 98 valence electrons. The molecule has 17 heavy (non-hydrogen) atoms. The van der Waals surface area contributed by atoms with E-state index in [1.165, 1.54) is 0 Å². The molecule has 1 heterocycles. The van der Waals surface area contributed by atoms with Gasteiger partial charge in [-0.1, -0.05) is 13.5 Å². The van der Waals surface area contributed by atoms with E-state index in [0.717, 1.165) is 12.8 Å². The Morgan fingerprint density at radius 3 is 2.29 bits per heavy atom. The van der Waals surface area contributed by atoms with E-state index in [0.29, 0.717) is 11.7 Å². The molecule has 1 fully saturated rings. The molecular formula is C14H24O3. The average molecular weight is 240 g/mol. The Bertz CT molecular complexity index is 314. The second-order valence-corrected chi connectivity index (χ2v) is 5.69. The first-order chi connectivity index (χ1) is 7.66. The van der Waals surface area contributed by atoms with Gasteiger partial charge < -0.3 is 14.2 Å². The van der Waals surface area contributed by atoms with Crippen LogP contribution < -0.4 is 0 Å². The van der Waals surface area contributed by atoms with E-state index < -0.39 is 5.60 Å². The van der Waals surface area contributed by atoms with Gasteiger partial charge in [-0.15, -0.1) is 0 Å². The van der Waals surface area contributed by atoms with Crippen LogP contribution in [0.4, 0.5) is 0 Å². The maximum absolute atomic E-state index is 5.99. The van der Waals surface area contributed by atoms with Crippen LogP contribution in [0.25, 0.3) is 0 Å². The first-order valence-corrected chi connectivity index (χ1v) is 6.09. The molecule has 0 N–H and O–H groups in total. The fraction of sp³-hybridized carbons (Fsp3) is 0.714. The third-order valence-corrected chi connectivity index (χ3v) is 2.76. The van der Waals surface area contributed by atoms with Crippen molar-refractivity contribution in [2.75, 3.05) is 0 Å². The zero-order valence-corrected chi connectivity index (χ0v) is 11.6. The molecule has 0 aliphatic carbocycles. The van der Waals surface area contributed by atoms with Crippen molar-refractivity contribution in [2.24, 2.45) is 0 Å². The maximum atomic E-state index is 5.99. The van der Waals surface area contributed by atoms with Crippen LogP contribution >= 0.6 is 0 Å². The minimum absolute atomic E-state index is 0.117. The van der Waals surface area contributed by atoms with Crippen LogP contribution in [-0.4, -0.2) is 17.3 Å². The Labute approximate surface area is 104 Å². The minimum Gasteiger partial charge on any atom is -0.451 e. The van der Waals surface area contributed by atoms with Crippen LogP contribution in [-0.2, 0) is 14.2 Å². The Morgan fingerprint density at radius 2 is 1.94 bits per heavy atom. The molecule has 1 saturated heterocycles. The van der Waals surface area contributed by atoms with Crippen LogP contribution in [0.2, 0.25) is 0 Å². The first-order valence-electron chi connectivity index (χ1n) is 6.09. The van der Waals surface area contributed by atoms with Crippen LogP contribution in [0, 0.1) is 0 Å². The highest BCUT2D eigenvalue weighted by Crippen LogP contribution is 2.38. The van der Waals surface area contributed by atoms with Gasteiger partial charge in [0.1, 0.15) is 5.76 Å². The lowest BCUT2D eigenvalue weighted by Gasteiger charge is -2.31. The minimum atomic E-state index is -0.525. The van der Waals surface area contributed by atoms with E-state index in [1.807, 2.05) is 6.92 Å². The Balaban J connectivity index is 2.68. The van der Waals surface area contributed by atoms with Gasteiger partial charge >= 0.3 is 0 Å². The quantitative estimate of drug-likeness (QED) is 0.748. The standard InChI is InChI=1S/C14H24O3/c1-8-12(17-13(4,5)6)9-14(7)10(2)15-11(3)16-14/h12H,2-3,8-9H2,1,4-7H3. The fourth-order valence-corrected chi connectivity index (χ4v) is 1.93. The molecule has 0 radical (unpaired) electrons. The van der Waals surface area contributed by atoms with Crippen LogP contribution in [0.1, 0.15) is 47.5 Å². The highest BCUT2D eigenvalue weighted by Gasteiger charge is 2.41. The lowest BCUT2D eigenvalue weighted by atomic mass is 9.95. The smallest absolute Gasteiger partial charge is 0.277 e. The van der Waals surface area contributed by atoms with Crippen LogP contribution in [0.3, 0.4) is 0 Å². The van der Waals surface area contributed by atoms with Crippen molar-refractivity contribution in [1.29, 1.82) is 0 Å². The fourth-order valence-electron chi connectivity index (χ4n) is 1.93. The van der Waals surface area contributed by atoms with Gasteiger partial charge in [0.15, 0.2) is 5.60 Å². The number of hydrogen-bond acceptors (Lipinski definition) is 3. The molecule has 0 bridgehead atoms. The van der Waals surface area contributed by atoms with Crippen molar-refractivity contribution in [3.63, 3.8) is 0 Å². The summed E-state index contributed by atoms with van der Waals surface area (Å²) in [4.78, 5) is 0. The summed E-state index contributed by atoms with van der Waals surface area (Å²) in [5.74, 6) is 0.932. The van der Waals surface area contributed by atoms with E-state index in [-0.39, 0.29) is 11.7 Å². The van der Waals surface area contributed by atoms with E-state index in [1.54, 1.807) is 0 Å². The molecule has 0 amide bonds. The lowest BCUT2D eigenvalue weighted by molar-refractivity contribution is -0.0878. The molecule has 3 heteroatoms. The van der Waals surface area contributed by atoms with Crippen molar-refractivity contribution < 1.29 is 14.2 Å². The summed E-state index contributed by atoms with van der Waals surface area (Å²) < 4.78 is 16.9. The molecule has 1 aliphatic heterocycles. The monoisotopic (exact) mass is 240 g/mol. The maximum Gasteiger partial charge on any atom is 0.277 e. The second-order valence-electron chi connectivity index (χ2n) is 5.69. The SMILES string of the molecule is C=C1OC(=C)C(C)(CC(CC)OC(C)(C)C)O1. The van der Waals surface area contributed by atoms with Gasteiger partial charge in [0.05, 0.1) is 11.7 Å². The molecular weight excluding hydrogens is 216 g/mol. The highest BCUT2D eigenvalue weighted by molar-refractivity contribution is 5.13. The Morgan fingerprint density at radius 1 is 1.35 bits per heavy atom. The normalized spacial score (nSPS) is 26.6. The zero-order chi connectivity index (χ0) is 13.3. The summed E-state index contributed by atoms with van der Waals surface area (Å²) in [7, 11) is 0. The summed E-state index contributed by atoms with van der Waals surface area (Å²) in [6.45, 7) is 17.8. The number of rotatable bonds is 4. The third-order valence-electron chi connectivity index (χ3n) is 2.76. The van der Waals surface area contributed by atoms with E-state index in [9.17, 15) is 0 Å². The summed E-state index contributed by atoms with van der Waals surface area (Å²) in [5, 5.41) is 0. The Hall–Kier alpha value is -0.960. The summed E-state index contributed by atoms with van der Waals surface area (Å²) in [6.07, 6.45) is 1.76. The lowest BCUT2D eigenvalue weighted by Crippen LogP contribution is -2.35. The van der Waals surface area contributed by atoms with Crippen molar-refractivity contribution in [3.05, 3.63) is 24.9 Å². The van der Waals surface area contributed by atoms with E-state index in [2.05, 4.69) is 40.9 Å². The summed E-state index contributed by atoms with van der Waals surface area (Å²) >= 11 is 0. The van der Waals surface area contributed by atoms with Gasteiger partial charge in [0.25, 0.3) is 5.95 Å².